The molecule has 0 aliphatic rings. The first-order valence-corrected chi connectivity index (χ1v) is 8.68. The summed E-state index contributed by atoms with van der Waals surface area (Å²) in [7, 11) is 4.12. The minimum absolute atomic E-state index is 0.0701. The maximum Gasteiger partial charge on any atom is 0.330 e. The third-order valence-electron chi connectivity index (χ3n) is 4.07. The van der Waals surface area contributed by atoms with Gasteiger partial charge in [0.1, 0.15) is 0 Å². The average molecular weight is 406 g/mol. The predicted octanol–water partition coefficient (Wildman–Crippen LogP) is 1.17. The Bertz CT molecular complexity index is 1020. The van der Waals surface area contributed by atoms with Crippen LogP contribution in [0.4, 0.5) is 0 Å². The molecule has 0 fully saturated rings. The van der Waals surface area contributed by atoms with Crippen molar-refractivity contribution in [2.24, 2.45) is 14.1 Å². The van der Waals surface area contributed by atoms with E-state index < -0.39 is 29.2 Å². The Labute approximate surface area is 166 Å². The lowest BCUT2D eigenvalue weighted by Gasteiger charge is -2.17. The summed E-state index contributed by atoms with van der Waals surface area (Å²) in [5.41, 5.74) is -0.131. The van der Waals surface area contributed by atoms with E-state index >= 15 is 0 Å². The molecule has 1 amide bonds. The van der Waals surface area contributed by atoms with Gasteiger partial charge in [-0.2, -0.15) is 0 Å². The maximum atomic E-state index is 12.3. The van der Waals surface area contributed by atoms with E-state index in [9.17, 15) is 19.2 Å². The first kappa shape index (κ1) is 21.2. The van der Waals surface area contributed by atoms with E-state index in [2.05, 4.69) is 10.1 Å². The van der Waals surface area contributed by atoms with Crippen LogP contribution in [0.25, 0.3) is 6.08 Å². The average Bonchev–Trinajstić information content (AvgIpc) is 2.68. The van der Waals surface area contributed by atoms with E-state index in [0.29, 0.717) is 10.6 Å². The van der Waals surface area contributed by atoms with Crippen molar-refractivity contribution in [3.8, 4) is 0 Å². The van der Waals surface area contributed by atoms with Crippen LogP contribution in [0.2, 0.25) is 5.02 Å². The number of hydrogen-bond donors (Lipinski definition) is 1. The van der Waals surface area contributed by atoms with E-state index in [4.69, 9.17) is 11.6 Å². The van der Waals surface area contributed by atoms with Crippen molar-refractivity contribution in [1.82, 2.24) is 14.5 Å². The van der Waals surface area contributed by atoms with Crippen LogP contribution in [0.3, 0.4) is 0 Å². The molecule has 8 nitrogen and oxygen atoms in total. The molecule has 2 aromatic rings. The maximum absolute atomic E-state index is 12.3. The van der Waals surface area contributed by atoms with Gasteiger partial charge in [0, 0.05) is 31.4 Å². The normalized spacial score (nSPS) is 12.0. The molecule has 0 bridgehead atoms. The molecule has 0 aliphatic carbocycles. The fourth-order valence-electron chi connectivity index (χ4n) is 2.53. The van der Waals surface area contributed by atoms with Crippen molar-refractivity contribution in [2.75, 3.05) is 7.11 Å². The van der Waals surface area contributed by atoms with E-state index in [1.165, 1.54) is 44.1 Å². The Balaban J connectivity index is 2.23. The van der Waals surface area contributed by atoms with Crippen LogP contribution in [0.1, 0.15) is 23.6 Å². The molecular weight excluding hydrogens is 386 g/mol. The van der Waals surface area contributed by atoms with Gasteiger partial charge in [0.2, 0.25) is 5.91 Å². The molecule has 0 aliphatic heterocycles. The van der Waals surface area contributed by atoms with Crippen LogP contribution in [0.5, 0.6) is 0 Å². The number of ether oxygens (including phenoxy) is 1. The van der Waals surface area contributed by atoms with Crippen molar-refractivity contribution < 1.29 is 14.3 Å². The number of esters is 1. The fourth-order valence-corrected chi connectivity index (χ4v) is 2.66. The Hall–Kier alpha value is -3.13. The van der Waals surface area contributed by atoms with Crippen LogP contribution < -0.4 is 16.6 Å². The molecule has 1 atom stereocenters. The number of nitrogens with one attached hydrogen (secondary N) is 1. The summed E-state index contributed by atoms with van der Waals surface area (Å²) in [4.78, 5) is 47.8. The lowest BCUT2D eigenvalue weighted by molar-refractivity contribution is -0.141. The summed E-state index contributed by atoms with van der Waals surface area (Å²) >= 11 is 5.88. The van der Waals surface area contributed by atoms with Gasteiger partial charge in [0.25, 0.3) is 5.56 Å². The number of carbonyl (C=O) groups excluding carboxylic acids is 2. The number of methoxy groups -OCH3 is 1. The number of aromatic nitrogens is 2. The molecule has 9 heteroatoms. The molecule has 148 valence electrons. The highest BCUT2D eigenvalue weighted by atomic mass is 35.5. The SMILES string of the molecule is COC(=O)CC(NC(=O)/C=C/c1cn(C)c(=O)n(C)c1=O)c1ccc(Cl)cc1. The smallest absolute Gasteiger partial charge is 0.330 e. The summed E-state index contributed by atoms with van der Waals surface area (Å²) in [6.45, 7) is 0. The summed E-state index contributed by atoms with van der Waals surface area (Å²) in [6, 6.07) is 6.06. The lowest BCUT2D eigenvalue weighted by Crippen LogP contribution is -2.37. The molecule has 0 saturated carbocycles. The fraction of sp³-hybridized carbons (Fsp3) is 0.263. The molecule has 0 saturated heterocycles. The molecule has 28 heavy (non-hydrogen) atoms. The van der Waals surface area contributed by atoms with Crippen molar-refractivity contribution in [3.63, 3.8) is 0 Å². The van der Waals surface area contributed by atoms with E-state index in [-0.39, 0.29) is 12.0 Å². The van der Waals surface area contributed by atoms with Crippen LogP contribution >= 0.6 is 11.6 Å². The van der Waals surface area contributed by atoms with Crippen LogP contribution in [0.15, 0.2) is 46.1 Å². The Kier molecular flexibility index (Phi) is 6.94. The van der Waals surface area contributed by atoms with Crippen LogP contribution in [-0.4, -0.2) is 28.1 Å². The van der Waals surface area contributed by atoms with E-state index in [0.717, 1.165) is 4.57 Å². The topological polar surface area (TPSA) is 99.4 Å². The first-order chi connectivity index (χ1) is 13.2. The molecule has 1 aromatic heterocycles. The van der Waals surface area contributed by atoms with Gasteiger partial charge >= 0.3 is 11.7 Å². The zero-order valence-electron chi connectivity index (χ0n) is 15.6. The first-order valence-electron chi connectivity index (χ1n) is 8.30. The number of amides is 1. The number of hydrogen-bond acceptors (Lipinski definition) is 5. The predicted molar refractivity (Wildman–Crippen MR) is 105 cm³/mol. The van der Waals surface area contributed by atoms with Gasteiger partial charge in [-0.1, -0.05) is 23.7 Å². The molecule has 0 radical (unpaired) electrons. The molecular formula is C19H20ClN3O5. The number of rotatable bonds is 6. The number of aryl methyl sites for hydroxylation is 1. The summed E-state index contributed by atoms with van der Waals surface area (Å²) in [5.74, 6) is -1.00. The van der Waals surface area contributed by atoms with Gasteiger partial charge in [-0.3, -0.25) is 19.0 Å². The summed E-state index contributed by atoms with van der Waals surface area (Å²) in [6.07, 6.45) is 3.76. The van der Waals surface area contributed by atoms with Crippen molar-refractivity contribution in [3.05, 3.63) is 73.5 Å². The van der Waals surface area contributed by atoms with E-state index in [1.807, 2.05) is 0 Å². The highest BCUT2D eigenvalue weighted by molar-refractivity contribution is 6.30. The number of benzene rings is 1. The minimum Gasteiger partial charge on any atom is -0.469 e. The quantitative estimate of drug-likeness (QED) is 0.574. The molecule has 1 N–H and O–H groups in total. The monoisotopic (exact) mass is 405 g/mol. The molecule has 1 aromatic carbocycles. The molecule has 0 spiro atoms. The second-order valence-electron chi connectivity index (χ2n) is 6.07. The summed E-state index contributed by atoms with van der Waals surface area (Å²) in [5, 5.41) is 3.23. The lowest BCUT2D eigenvalue weighted by atomic mass is 10.0. The number of halogens is 1. The number of nitrogens with zero attached hydrogens (tertiary/aromatic N) is 2. The zero-order chi connectivity index (χ0) is 20.8. The van der Waals surface area contributed by atoms with Gasteiger partial charge in [-0.25, -0.2) is 4.79 Å². The van der Waals surface area contributed by atoms with Gasteiger partial charge in [-0.15, -0.1) is 0 Å². The Morgan fingerprint density at radius 2 is 1.86 bits per heavy atom. The van der Waals surface area contributed by atoms with Gasteiger partial charge in [-0.05, 0) is 23.8 Å². The molecule has 1 unspecified atom stereocenters. The van der Waals surface area contributed by atoms with Gasteiger partial charge < -0.3 is 14.6 Å². The van der Waals surface area contributed by atoms with Crippen LogP contribution in [0, 0.1) is 0 Å². The van der Waals surface area contributed by atoms with Crippen molar-refractivity contribution in [1.29, 1.82) is 0 Å². The van der Waals surface area contributed by atoms with Crippen molar-refractivity contribution >= 4 is 29.6 Å². The minimum atomic E-state index is -0.634. The second-order valence-corrected chi connectivity index (χ2v) is 6.50. The molecule has 1 heterocycles. The third kappa shape index (κ3) is 5.20. The summed E-state index contributed by atoms with van der Waals surface area (Å²) < 4.78 is 6.87. The molecule has 2 rings (SSSR count). The van der Waals surface area contributed by atoms with E-state index in [1.54, 1.807) is 24.3 Å². The van der Waals surface area contributed by atoms with Gasteiger partial charge in [0.05, 0.1) is 25.1 Å². The van der Waals surface area contributed by atoms with Gasteiger partial charge in [0.15, 0.2) is 0 Å². The van der Waals surface area contributed by atoms with Crippen LogP contribution in [-0.2, 0) is 28.4 Å². The third-order valence-corrected chi connectivity index (χ3v) is 4.33. The highest BCUT2D eigenvalue weighted by Gasteiger charge is 2.18. The standard InChI is InChI=1S/C19H20ClN3O5/c1-22-11-13(18(26)23(2)19(22)27)6-9-16(24)21-15(10-17(25)28-3)12-4-7-14(20)8-5-12/h4-9,11,15H,10H2,1-3H3,(H,21,24)/b9-6+. The second kappa shape index (κ2) is 9.18. The largest absolute Gasteiger partial charge is 0.469 e. The van der Waals surface area contributed by atoms with Crippen molar-refractivity contribution in [2.45, 2.75) is 12.5 Å². The highest BCUT2D eigenvalue weighted by Crippen LogP contribution is 2.20. The Morgan fingerprint density at radius 3 is 2.46 bits per heavy atom. The number of carbonyl (C=O) groups is 2. The zero-order valence-corrected chi connectivity index (χ0v) is 16.4. The Morgan fingerprint density at radius 1 is 1.21 bits per heavy atom.